The number of thiophene rings is 1. The van der Waals surface area contributed by atoms with Crippen LogP contribution in [0.15, 0.2) is 46.7 Å². The Morgan fingerprint density at radius 1 is 1.31 bits per heavy atom. The Morgan fingerprint density at radius 3 is 2.54 bits per heavy atom. The van der Waals surface area contributed by atoms with Crippen molar-refractivity contribution in [1.29, 1.82) is 0 Å². The van der Waals surface area contributed by atoms with Gasteiger partial charge in [-0.15, -0.1) is 11.3 Å². The number of hydrogen-bond acceptors (Lipinski definition) is 5. The molecule has 1 aliphatic carbocycles. The van der Waals surface area contributed by atoms with Crippen LogP contribution in [0, 0.1) is 0 Å². The third-order valence-electron chi connectivity index (χ3n) is 4.25. The van der Waals surface area contributed by atoms with Crippen LogP contribution in [0.1, 0.15) is 24.6 Å². The zero-order valence-corrected chi connectivity index (χ0v) is 16.3. The molecule has 8 heteroatoms. The molecule has 1 aliphatic rings. The van der Waals surface area contributed by atoms with Gasteiger partial charge in [-0.1, -0.05) is 6.07 Å². The molecule has 3 rings (SSSR count). The van der Waals surface area contributed by atoms with Gasteiger partial charge in [-0.05, 0) is 55.5 Å². The van der Waals surface area contributed by atoms with Crippen molar-refractivity contribution in [2.24, 2.45) is 0 Å². The lowest BCUT2D eigenvalue weighted by Gasteiger charge is -2.25. The second kappa shape index (κ2) is 7.77. The number of carbonyl (C=O) groups excluding carboxylic acids is 1. The first-order chi connectivity index (χ1) is 12.4. The highest BCUT2D eigenvalue weighted by molar-refractivity contribution is 7.89. The van der Waals surface area contributed by atoms with Crippen LogP contribution in [-0.4, -0.2) is 38.4 Å². The van der Waals surface area contributed by atoms with E-state index in [1.54, 1.807) is 35.3 Å². The SMILES string of the molecule is COc1ccc(S(=O)(=O)N[C@@H](C)C(=O)N(Cc2cccs2)C2CC2)cc1. The van der Waals surface area contributed by atoms with E-state index < -0.39 is 16.1 Å². The van der Waals surface area contributed by atoms with Crippen molar-refractivity contribution in [2.75, 3.05) is 7.11 Å². The Bertz CT molecular complexity index is 844. The van der Waals surface area contributed by atoms with Crippen molar-refractivity contribution in [3.05, 3.63) is 46.7 Å². The summed E-state index contributed by atoms with van der Waals surface area (Å²) in [5.74, 6) is 0.377. The minimum atomic E-state index is -3.78. The number of ether oxygens (including phenoxy) is 1. The van der Waals surface area contributed by atoms with E-state index in [2.05, 4.69) is 4.72 Å². The first kappa shape index (κ1) is 18.9. The van der Waals surface area contributed by atoms with E-state index in [4.69, 9.17) is 4.74 Å². The fourth-order valence-corrected chi connectivity index (χ4v) is 4.60. The molecule has 0 spiro atoms. The molecule has 0 unspecified atom stereocenters. The smallest absolute Gasteiger partial charge is 0.241 e. The van der Waals surface area contributed by atoms with E-state index in [0.717, 1.165) is 17.7 Å². The molecule has 0 bridgehead atoms. The summed E-state index contributed by atoms with van der Waals surface area (Å²) >= 11 is 1.59. The maximum atomic E-state index is 12.8. The highest BCUT2D eigenvalue weighted by Crippen LogP contribution is 2.30. The number of hydrogen-bond donors (Lipinski definition) is 1. The van der Waals surface area contributed by atoms with E-state index in [9.17, 15) is 13.2 Å². The van der Waals surface area contributed by atoms with Crippen LogP contribution in [0.25, 0.3) is 0 Å². The second-order valence-electron chi connectivity index (χ2n) is 6.30. The number of carbonyl (C=O) groups is 1. The fraction of sp³-hybridized carbons (Fsp3) is 0.389. The van der Waals surface area contributed by atoms with Crippen molar-refractivity contribution >= 4 is 27.3 Å². The summed E-state index contributed by atoms with van der Waals surface area (Å²) in [6.45, 7) is 2.11. The fourth-order valence-electron chi connectivity index (χ4n) is 2.70. The third kappa shape index (κ3) is 4.44. The standard InChI is InChI=1S/C18H22N2O4S2/c1-13(19-26(22,23)17-9-7-15(24-2)8-10-17)18(21)20(14-5-6-14)12-16-4-3-11-25-16/h3-4,7-11,13-14,19H,5-6,12H2,1-2H3/t13-/m0/s1. The summed E-state index contributed by atoms with van der Waals surface area (Å²) < 4.78 is 32.6. The number of methoxy groups -OCH3 is 1. The molecular formula is C18H22N2O4S2. The maximum Gasteiger partial charge on any atom is 0.241 e. The molecular weight excluding hydrogens is 372 g/mol. The van der Waals surface area contributed by atoms with Crippen LogP contribution in [0.4, 0.5) is 0 Å². The van der Waals surface area contributed by atoms with Gasteiger partial charge in [0.2, 0.25) is 15.9 Å². The molecule has 0 radical (unpaired) electrons. The van der Waals surface area contributed by atoms with Gasteiger partial charge >= 0.3 is 0 Å². The summed E-state index contributed by atoms with van der Waals surface area (Å²) in [6, 6.07) is 9.39. The lowest BCUT2D eigenvalue weighted by molar-refractivity contribution is -0.133. The first-order valence-corrected chi connectivity index (χ1v) is 10.8. The Labute approximate surface area is 157 Å². The molecule has 26 heavy (non-hydrogen) atoms. The average Bonchev–Trinajstić information content (AvgIpc) is 3.34. The molecule has 1 aromatic carbocycles. The van der Waals surface area contributed by atoms with Gasteiger partial charge in [-0.3, -0.25) is 4.79 Å². The van der Waals surface area contributed by atoms with Crippen LogP contribution >= 0.6 is 11.3 Å². The first-order valence-electron chi connectivity index (χ1n) is 8.40. The average molecular weight is 395 g/mol. The molecule has 1 N–H and O–H groups in total. The molecule has 0 aliphatic heterocycles. The van der Waals surface area contributed by atoms with Crippen LogP contribution in [-0.2, 0) is 21.4 Å². The highest BCUT2D eigenvalue weighted by atomic mass is 32.2. The largest absolute Gasteiger partial charge is 0.497 e. The molecule has 140 valence electrons. The maximum absolute atomic E-state index is 12.8. The number of benzene rings is 1. The molecule has 1 atom stereocenters. The summed E-state index contributed by atoms with van der Waals surface area (Å²) in [5, 5.41) is 1.97. The molecule has 1 aromatic heterocycles. The van der Waals surface area contributed by atoms with Crippen molar-refractivity contribution < 1.29 is 17.9 Å². The topological polar surface area (TPSA) is 75.7 Å². The molecule has 1 saturated carbocycles. The normalized spacial score (nSPS) is 15.5. The van der Waals surface area contributed by atoms with Crippen molar-refractivity contribution in [2.45, 2.75) is 43.3 Å². The molecule has 1 amide bonds. The number of sulfonamides is 1. The molecule has 1 heterocycles. The van der Waals surface area contributed by atoms with Gasteiger partial charge in [-0.25, -0.2) is 8.42 Å². The molecule has 1 fully saturated rings. The second-order valence-corrected chi connectivity index (χ2v) is 9.04. The Kier molecular flexibility index (Phi) is 5.64. The monoisotopic (exact) mass is 394 g/mol. The zero-order valence-electron chi connectivity index (χ0n) is 14.7. The number of nitrogens with one attached hydrogen (secondary N) is 1. The lowest BCUT2D eigenvalue weighted by Crippen LogP contribution is -2.47. The predicted molar refractivity (Wildman–Crippen MR) is 101 cm³/mol. The van der Waals surface area contributed by atoms with Gasteiger partial charge < -0.3 is 9.64 Å². The van der Waals surface area contributed by atoms with Crippen molar-refractivity contribution in [1.82, 2.24) is 9.62 Å². The van der Waals surface area contributed by atoms with Crippen LogP contribution in [0.2, 0.25) is 0 Å². The highest BCUT2D eigenvalue weighted by Gasteiger charge is 2.36. The number of rotatable bonds is 8. The third-order valence-corrected chi connectivity index (χ3v) is 6.67. The summed E-state index contributed by atoms with van der Waals surface area (Å²) in [6.07, 6.45) is 1.93. The van der Waals surface area contributed by atoms with Crippen LogP contribution in [0.3, 0.4) is 0 Å². The Balaban J connectivity index is 1.70. The molecule has 6 nitrogen and oxygen atoms in total. The van der Waals surface area contributed by atoms with Crippen LogP contribution in [0.5, 0.6) is 5.75 Å². The quantitative estimate of drug-likeness (QED) is 0.747. The molecule has 0 saturated heterocycles. The van der Waals surface area contributed by atoms with E-state index in [-0.39, 0.29) is 16.8 Å². The Hall–Kier alpha value is -1.90. The summed E-state index contributed by atoms with van der Waals surface area (Å²) in [7, 11) is -2.26. The minimum Gasteiger partial charge on any atom is -0.497 e. The summed E-state index contributed by atoms with van der Waals surface area (Å²) in [4.78, 5) is 15.8. The molecule has 2 aromatic rings. The number of nitrogens with zero attached hydrogens (tertiary/aromatic N) is 1. The van der Waals surface area contributed by atoms with E-state index >= 15 is 0 Å². The van der Waals surface area contributed by atoms with Gasteiger partial charge in [0.25, 0.3) is 0 Å². The lowest BCUT2D eigenvalue weighted by atomic mass is 10.3. The van der Waals surface area contributed by atoms with Gasteiger partial charge in [-0.2, -0.15) is 4.72 Å². The minimum absolute atomic E-state index is 0.106. The van der Waals surface area contributed by atoms with Gasteiger partial charge in [0.05, 0.1) is 24.6 Å². The van der Waals surface area contributed by atoms with Gasteiger partial charge in [0.15, 0.2) is 0 Å². The number of amides is 1. The van der Waals surface area contributed by atoms with Gasteiger partial charge in [0.1, 0.15) is 5.75 Å². The summed E-state index contributed by atoms with van der Waals surface area (Å²) in [5.41, 5.74) is 0. The Morgan fingerprint density at radius 2 is 2.00 bits per heavy atom. The predicted octanol–water partition coefficient (Wildman–Crippen LogP) is 2.61. The van der Waals surface area contributed by atoms with E-state index in [1.165, 1.54) is 19.2 Å². The van der Waals surface area contributed by atoms with Crippen molar-refractivity contribution in [3.8, 4) is 5.75 Å². The van der Waals surface area contributed by atoms with Crippen molar-refractivity contribution in [3.63, 3.8) is 0 Å². The van der Waals surface area contributed by atoms with E-state index in [1.807, 2.05) is 17.5 Å². The van der Waals surface area contributed by atoms with Crippen LogP contribution < -0.4 is 9.46 Å². The zero-order chi connectivity index (χ0) is 18.7. The van der Waals surface area contributed by atoms with E-state index in [0.29, 0.717) is 12.3 Å². The van der Waals surface area contributed by atoms with Gasteiger partial charge in [0, 0.05) is 10.9 Å².